The van der Waals surface area contributed by atoms with Gasteiger partial charge in [0.2, 0.25) is 0 Å². The van der Waals surface area contributed by atoms with Gasteiger partial charge in [-0.25, -0.2) is 8.78 Å². The summed E-state index contributed by atoms with van der Waals surface area (Å²) in [6.07, 6.45) is 2.48. The summed E-state index contributed by atoms with van der Waals surface area (Å²) < 4.78 is 31.5. The number of nitrogens with zero attached hydrogens (tertiary/aromatic N) is 2. The maximum absolute atomic E-state index is 14.1. The molecule has 2 aromatic rings. The summed E-state index contributed by atoms with van der Waals surface area (Å²) in [7, 11) is 0. The Balaban J connectivity index is 2.41. The fraction of sp³-hybridized carbons (Fsp3) is 0.385. The second-order valence-corrected chi connectivity index (χ2v) is 5.12. The first-order valence-corrected chi connectivity index (χ1v) is 6.87. The summed E-state index contributed by atoms with van der Waals surface area (Å²) in [4.78, 5) is 0.774. The van der Waals surface area contributed by atoms with Gasteiger partial charge in [0.25, 0.3) is 0 Å². The first kappa shape index (κ1) is 14.0. The summed E-state index contributed by atoms with van der Waals surface area (Å²) in [6, 6.07) is 2.79. The molecular formula is C13H15F2N3S. The largest absolute Gasteiger partial charge is 0.305 e. The molecule has 0 aliphatic rings. The van der Waals surface area contributed by atoms with Crippen molar-refractivity contribution in [1.82, 2.24) is 14.9 Å². The van der Waals surface area contributed by atoms with Crippen LogP contribution in [0.25, 0.3) is 0 Å². The lowest BCUT2D eigenvalue weighted by atomic mass is 10.0. The van der Waals surface area contributed by atoms with Crippen molar-refractivity contribution in [2.45, 2.75) is 26.3 Å². The molecule has 1 aromatic carbocycles. The molecule has 0 spiro atoms. The van der Waals surface area contributed by atoms with Crippen LogP contribution < -0.4 is 5.32 Å². The molecule has 1 unspecified atom stereocenters. The van der Waals surface area contributed by atoms with Crippen molar-refractivity contribution in [2.75, 3.05) is 6.54 Å². The molecule has 0 aliphatic heterocycles. The minimum absolute atomic E-state index is 0.294. The van der Waals surface area contributed by atoms with E-state index in [2.05, 4.69) is 14.9 Å². The molecule has 1 N–H and O–H groups in total. The fourth-order valence-corrected chi connectivity index (χ4v) is 2.44. The smallest absolute Gasteiger partial charge is 0.164 e. The van der Waals surface area contributed by atoms with E-state index >= 15 is 0 Å². The topological polar surface area (TPSA) is 37.8 Å². The normalized spacial score (nSPS) is 12.6. The summed E-state index contributed by atoms with van der Waals surface area (Å²) in [6.45, 7) is 4.27. The van der Waals surface area contributed by atoms with Crippen LogP contribution in [0.4, 0.5) is 8.78 Å². The quantitative estimate of drug-likeness (QED) is 0.915. The lowest BCUT2D eigenvalue weighted by molar-refractivity contribution is 0.477. The third-order valence-electron chi connectivity index (χ3n) is 2.88. The first-order chi connectivity index (χ1) is 9.15. The van der Waals surface area contributed by atoms with Gasteiger partial charge in [0, 0.05) is 5.56 Å². The van der Waals surface area contributed by atoms with E-state index in [0.717, 1.165) is 11.3 Å². The van der Waals surface area contributed by atoms with E-state index in [1.165, 1.54) is 11.5 Å². The number of halogens is 2. The van der Waals surface area contributed by atoms with E-state index in [1.54, 1.807) is 25.3 Å². The van der Waals surface area contributed by atoms with E-state index in [4.69, 9.17) is 0 Å². The Morgan fingerprint density at radius 2 is 2.11 bits per heavy atom. The predicted molar refractivity (Wildman–Crippen MR) is 71.1 cm³/mol. The Labute approximate surface area is 114 Å². The molecule has 0 saturated heterocycles. The molecule has 2 rings (SSSR count). The van der Waals surface area contributed by atoms with Crippen LogP contribution in [-0.4, -0.2) is 16.1 Å². The molecule has 0 aliphatic carbocycles. The van der Waals surface area contributed by atoms with E-state index in [-0.39, 0.29) is 0 Å². The molecule has 0 amide bonds. The zero-order valence-corrected chi connectivity index (χ0v) is 11.6. The van der Waals surface area contributed by atoms with Gasteiger partial charge in [-0.05, 0) is 37.0 Å². The second kappa shape index (κ2) is 6.16. The van der Waals surface area contributed by atoms with Gasteiger partial charge in [-0.2, -0.15) is 0 Å². The van der Waals surface area contributed by atoms with Crippen molar-refractivity contribution in [1.29, 1.82) is 0 Å². The predicted octanol–water partition coefficient (Wildman–Crippen LogP) is 3.21. The summed E-state index contributed by atoms with van der Waals surface area (Å²) in [5, 5.41) is 6.96. The number of aromatic nitrogens is 2. The summed E-state index contributed by atoms with van der Waals surface area (Å²) >= 11 is 1.18. The molecule has 3 nitrogen and oxygen atoms in total. The van der Waals surface area contributed by atoms with Gasteiger partial charge in [0.05, 0.1) is 17.1 Å². The Hall–Kier alpha value is -1.40. The molecule has 0 bridgehead atoms. The number of rotatable bonds is 5. The van der Waals surface area contributed by atoms with Crippen LogP contribution in [0.3, 0.4) is 0 Å². The van der Waals surface area contributed by atoms with E-state index < -0.39 is 17.7 Å². The van der Waals surface area contributed by atoms with Crippen LogP contribution in [0.5, 0.6) is 0 Å². The van der Waals surface area contributed by atoms with Crippen LogP contribution in [0.15, 0.2) is 18.3 Å². The van der Waals surface area contributed by atoms with E-state index in [9.17, 15) is 8.78 Å². The molecule has 6 heteroatoms. The molecule has 0 saturated carbocycles. The third kappa shape index (κ3) is 2.96. The monoisotopic (exact) mass is 283 g/mol. The molecule has 1 heterocycles. The number of benzene rings is 1. The molecule has 0 fully saturated rings. The Kier molecular flexibility index (Phi) is 4.55. The molecule has 1 atom stereocenters. The first-order valence-electron chi connectivity index (χ1n) is 6.10. The second-order valence-electron chi connectivity index (χ2n) is 4.31. The van der Waals surface area contributed by atoms with Crippen LogP contribution in [0, 0.1) is 18.6 Å². The van der Waals surface area contributed by atoms with Gasteiger partial charge in [0.15, 0.2) is 11.6 Å². The van der Waals surface area contributed by atoms with Gasteiger partial charge >= 0.3 is 0 Å². The highest BCUT2D eigenvalue weighted by Crippen LogP contribution is 2.28. The van der Waals surface area contributed by atoms with Gasteiger partial charge in [-0.1, -0.05) is 23.5 Å². The van der Waals surface area contributed by atoms with Crippen molar-refractivity contribution in [3.8, 4) is 0 Å². The van der Waals surface area contributed by atoms with Crippen LogP contribution in [-0.2, 0) is 0 Å². The summed E-state index contributed by atoms with van der Waals surface area (Å²) in [5.74, 6) is -1.60. The highest BCUT2D eigenvalue weighted by molar-refractivity contribution is 7.05. The molecule has 1 aromatic heterocycles. The van der Waals surface area contributed by atoms with E-state index in [1.807, 2.05) is 6.92 Å². The van der Waals surface area contributed by atoms with Crippen molar-refractivity contribution in [3.05, 3.63) is 46.0 Å². The average Bonchev–Trinajstić information content (AvgIpc) is 2.92. The molecular weight excluding hydrogens is 268 g/mol. The third-order valence-corrected chi connectivity index (χ3v) is 3.61. The minimum Gasteiger partial charge on any atom is -0.305 e. The highest BCUT2D eigenvalue weighted by atomic mass is 32.1. The zero-order chi connectivity index (χ0) is 13.8. The fourth-order valence-electron chi connectivity index (χ4n) is 1.84. The summed E-state index contributed by atoms with van der Waals surface area (Å²) in [5.41, 5.74) is 0.598. The van der Waals surface area contributed by atoms with Crippen molar-refractivity contribution in [2.24, 2.45) is 0 Å². The molecule has 0 radical (unpaired) electrons. The number of nitrogens with one attached hydrogen (secondary N) is 1. The van der Waals surface area contributed by atoms with Crippen LogP contribution >= 0.6 is 11.5 Å². The van der Waals surface area contributed by atoms with Gasteiger partial charge in [0.1, 0.15) is 0 Å². The maximum atomic E-state index is 14.1. The van der Waals surface area contributed by atoms with Crippen LogP contribution in [0.2, 0.25) is 0 Å². The van der Waals surface area contributed by atoms with Gasteiger partial charge in [-0.3, -0.25) is 0 Å². The Morgan fingerprint density at radius 3 is 2.74 bits per heavy atom. The van der Waals surface area contributed by atoms with Crippen molar-refractivity contribution >= 4 is 11.5 Å². The number of aryl methyl sites for hydroxylation is 1. The van der Waals surface area contributed by atoms with Crippen molar-refractivity contribution < 1.29 is 8.78 Å². The minimum atomic E-state index is -0.804. The Bertz CT molecular complexity index is 543. The van der Waals surface area contributed by atoms with Crippen LogP contribution in [0.1, 0.15) is 35.4 Å². The SMILES string of the molecule is CCCNC(c1cnns1)c1ccc(C)c(F)c1F. The number of hydrogen-bond donors (Lipinski definition) is 1. The average molecular weight is 283 g/mol. The van der Waals surface area contributed by atoms with E-state index in [0.29, 0.717) is 17.7 Å². The molecule has 102 valence electrons. The number of hydrogen-bond acceptors (Lipinski definition) is 4. The lowest BCUT2D eigenvalue weighted by Gasteiger charge is -2.18. The molecule has 19 heavy (non-hydrogen) atoms. The standard InChI is InChI=1S/C13H15F2N3S/c1-3-6-16-13(10-7-17-18-19-10)9-5-4-8(2)11(14)12(9)15/h4-5,7,13,16H,3,6H2,1-2H3. The highest BCUT2D eigenvalue weighted by Gasteiger charge is 2.22. The van der Waals surface area contributed by atoms with Gasteiger partial charge < -0.3 is 5.32 Å². The van der Waals surface area contributed by atoms with Crippen molar-refractivity contribution in [3.63, 3.8) is 0 Å². The maximum Gasteiger partial charge on any atom is 0.164 e. The van der Waals surface area contributed by atoms with Gasteiger partial charge in [-0.15, -0.1) is 5.10 Å². The lowest BCUT2D eigenvalue weighted by Crippen LogP contribution is -2.23. The Morgan fingerprint density at radius 1 is 1.32 bits per heavy atom. The zero-order valence-electron chi connectivity index (χ0n) is 10.8.